The Balaban J connectivity index is 1.43. The summed E-state index contributed by atoms with van der Waals surface area (Å²) in [6, 6.07) is 2.01. The number of carbonyl (C=O) groups excluding carboxylic acids is 1. The number of tetrazole rings is 1. The van der Waals surface area contributed by atoms with Gasteiger partial charge in [0.05, 0.1) is 6.04 Å². The van der Waals surface area contributed by atoms with Gasteiger partial charge >= 0.3 is 0 Å². The summed E-state index contributed by atoms with van der Waals surface area (Å²) in [5, 5.41) is 12.4. The molecule has 0 saturated carbocycles. The monoisotopic (exact) mass is 362 g/mol. The topological polar surface area (TPSA) is 92.9 Å². The molecule has 0 N–H and O–H groups in total. The molecule has 1 aliphatic rings. The zero-order valence-electron chi connectivity index (χ0n) is 14.4. The quantitative estimate of drug-likeness (QED) is 0.699. The Morgan fingerprint density at radius 2 is 1.92 bits per heavy atom. The molecule has 2 aromatic heterocycles. The van der Waals surface area contributed by atoms with Gasteiger partial charge in [0.1, 0.15) is 0 Å². The summed E-state index contributed by atoms with van der Waals surface area (Å²) in [5.74, 6) is 1.57. The third-order valence-electron chi connectivity index (χ3n) is 3.97. The van der Waals surface area contributed by atoms with Gasteiger partial charge in [-0.2, -0.15) is 0 Å². The Labute approximate surface area is 150 Å². The second kappa shape index (κ2) is 8.24. The number of rotatable bonds is 6. The van der Waals surface area contributed by atoms with Gasteiger partial charge in [-0.25, -0.2) is 14.6 Å². The third-order valence-corrected chi connectivity index (χ3v) is 4.90. The lowest BCUT2D eigenvalue weighted by Gasteiger charge is -2.34. The molecule has 1 amide bonds. The molecular weight excluding hydrogens is 340 g/mol. The van der Waals surface area contributed by atoms with E-state index >= 15 is 0 Å². The Kier molecular flexibility index (Phi) is 5.79. The van der Waals surface area contributed by atoms with Crippen molar-refractivity contribution in [3.63, 3.8) is 0 Å². The van der Waals surface area contributed by atoms with Crippen LogP contribution in [0.2, 0.25) is 0 Å². The van der Waals surface area contributed by atoms with Gasteiger partial charge in [0.2, 0.25) is 17.0 Å². The highest BCUT2D eigenvalue weighted by atomic mass is 32.2. The number of carbonyl (C=O) groups is 1. The fourth-order valence-electron chi connectivity index (χ4n) is 2.60. The van der Waals surface area contributed by atoms with Crippen molar-refractivity contribution in [1.82, 2.24) is 35.1 Å². The minimum Gasteiger partial charge on any atom is -0.339 e. The van der Waals surface area contributed by atoms with Crippen LogP contribution in [0.3, 0.4) is 0 Å². The van der Waals surface area contributed by atoms with Gasteiger partial charge in [-0.1, -0.05) is 11.8 Å². The molecule has 134 valence electrons. The van der Waals surface area contributed by atoms with Crippen LogP contribution in [-0.2, 0) is 4.79 Å². The van der Waals surface area contributed by atoms with Crippen molar-refractivity contribution in [3.8, 4) is 0 Å². The summed E-state index contributed by atoms with van der Waals surface area (Å²) >= 11 is 1.52. The molecule has 0 radical (unpaired) electrons. The van der Waals surface area contributed by atoms with Crippen LogP contribution in [0, 0.1) is 0 Å². The Morgan fingerprint density at radius 3 is 2.60 bits per heavy atom. The number of aromatic nitrogens is 6. The summed E-state index contributed by atoms with van der Waals surface area (Å²) in [6.45, 7) is 6.98. The van der Waals surface area contributed by atoms with Crippen LogP contribution in [-0.4, -0.2) is 72.9 Å². The molecule has 3 rings (SSSR count). The fourth-order valence-corrected chi connectivity index (χ4v) is 3.54. The Morgan fingerprint density at radius 1 is 1.20 bits per heavy atom. The van der Waals surface area contributed by atoms with Crippen LogP contribution in [0.1, 0.15) is 26.3 Å². The number of thioether (sulfide) groups is 1. The average molecular weight is 362 g/mol. The van der Waals surface area contributed by atoms with Crippen LogP contribution in [0.15, 0.2) is 23.6 Å². The molecule has 0 unspecified atom stereocenters. The maximum atomic E-state index is 12.4. The molecule has 25 heavy (non-hydrogen) atoms. The van der Waals surface area contributed by atoms with Gasteiger partial charge < -0.3 is 9.80 Å². The molecule has 0 bridgehead atoms. The number of hydrogen-bond donors (Lipinski definition) is 0. The molecule has 10 heteroatoms. The highest BCUT2D eigenvalue weighted by molar-refractivity contribution is 7.99. The number of piperazine rings is 1. The van der Waals surface area contributed by atoms with Gasteiger partial charge in [-0.3, -0.25) is 4.79 Å². The van der Waals surface area contributed by atoms with Crippen LogP contribution >= 0.6 is 11.8 Å². The standard InChI is InChI=1S/C15H22N8OS/c1-12(2)23-15(18-19-20-23)25-11-4-13(24)21-7-9-22(10-8-21)14-16-5-3-6-17-14/h3,5-6,12H,4,7-11H2,1-2H3. The van der Waals surface area contributed by atoms with Gasteiger partial charge in [-0.05, 0) is 30.3 Å². The SMILES string of the molecule is CC(C)n1nnnc1SCCC(=O)N1CCN(c2ncccn2)CC1. The molecule has 2 aromatic rings. The second-order valence-electron chi connectivity index (χ2n) is 6.01. The third kappa shape index (κ3) is 4.44. The average Bonchev–Trinajstić information content (AvgIpc) is 3.11. The summed E-state index contributed by atoms with van der Waals surface area (Å²) in [5.41, 5.74) is 0. The molecular formula is C15H22N8OS. The van der Waals surface area contributed by atoms with Crippen LogP contribution in [0.5, 0.6) is 0 Å². The Bertz CT molecular complexity index is 684. The summed E-state index contributed by atoms with van der Waals surface area (Å²) in [7, 11) is 0. The minimum atomic E-state index is 0.171. The van der Waals surface area contributed by atoms with Crippen molar-refractivity contribution >= 4 is 23.6 Å². The lowest BCUT2D eigenvalue weighted by Crippen LogP contribution is -2.49. The van der Waals surface area contributed by atoms with E-state index in [1.807, 2.05) is 18.7 Å². The molecule has 0 aromatic carbocycles. The van der Waals surface area contributed by atoms with Crippen molar-refractivity contribution < 1.29 is 4.79 Å². The van der Waals surface area contributed by atoms with Gasteiger partial charge in [-0.15, -0.1) is 5.10 Å². The van der Waals surface area contributed by atoms with Gasteiger partial charge in [0, 0.05) is 50.7 Å². The predicted molar refractivity (Wildman–Crippen MR) is 94.4 cm³/mol. The first-order chi connectivity index (χ1) is 12.1. The van der Waals surface area contributed by atoms with Crippen molar-refractivity contribution in [3.05, 3.63) is 18.5 Å². The van der Waals surface area contributed by atoms with Crippen LogP contribution in [0.4, 0.5) is 5.95 Å². The van der Waals surface area contributed by atoms with E-state index in [2.05, 4.69) is 30.4 Å². The number of nitrogens with zero attached hydrogens (tertiary/aromatic N) is 8. The lowest BCUT2D eigenvalue weighted by molar-refractivity contribution is -0.131. The summed E-state index contributed by atoms with van der Waals surface area (Å²) < 4.78 is 1.77. The number of anilines is 1. The molecule has 0 atom stereocenters. The zero-order chi connectivity index (χ0) is 17.6. The molecule has 1 fully saturated rings. The van der Waals surface area contributed by atoms with Crippen molar-refractivity contribution in [1.29, 1.82) is 0 Å². The van der Waals surface area contributed by atoms with E-state index in [1.54, 1.807) is 23.1 Å². The Hall–Kier alpha value is -2.23. The second-order valence-corrected chi connectivity index (χ2v) is 7.08. The van der Waals surface area contributed by atoms with Gasteiger partial charge in [0.25, 0.3) is 0 Å². The molecule has 0 spiro atoms. The number of hydrogen-bond acceptors (Lipinski definition) is 8. The fraction of sp³-hybridized carbons (Fsp3) is 0.600. The minimum absolute atomic E-state index is 0.171. The smallest absolute Gasteiger partial charge is 0.225 e. The zero-order valence-corrected chi connectivity index (χ0v) is 15.3. The van der Waals surface area contributed by atoms with Gasteiger partial charge in [0.15, 0.2) is 0 Å². The maximum Gasteiger partial charge on any atom is 0.225 e. The lowest BCUT2D eigenvalue weighted by atomic mass is 10.3. The first kappa shape index (κ1) is 17.6. The van der Waals surface area contributed by atoms with E-state index in [0.717, 1.165) is 24.2 Å². The van der Waals surface area contributed by atoms with E-state index in [-0.39, 0.29) is 11.9 Å². The van der Waals surface area contributed by atoms with Crippen molar-refractivity contribution in [2.45, 2.75) is 31.5 Å². The van der Waals surface area contributed by atoms with Crippen molar-refractivity contribution in [2.24, 2.45) is 0 Å². The summed E-state index contributed by atoms with van der Waals surface area (Å²) in [4.78, 5) is 24.9. The highest BCUT2D eigenvalue weighted by Crippen LogP contribution is 2.19. The normalized spacial score (nSPS) is 15.0. The van der Waals surface area contributed by atoms with E-state index < -0.39 is 0 Å². The largest absolute Gasteiger partial charge is 0.339 e. The van der Waals surface area contributed by atoms with E-state index in [9.17, 15) is 4.79 Å². The van der Waals surface area contributed by atoms with Crippen LogP contribution < -0.4 is 4.90 Å². The van der Waals surface area contributed by atoms with E-state index in [4.69, 9.17) is 0 Å². The number of amides is 1. The first-order valence-corrected chi connectivity index (χ1v) is 9.34. The molecule has 9 nitrogen and oxygen atoms in total. The highest BCUT2D eigenvalue weighted by Gasteiger charge is 2.22. The van der Waals surface area contributed by atoms with Crippen molar-refractivity contribution in [2.75, 3.05) is 36.8 Å². The summed E-state index contributed by atoms with van der Waals surface area (Å²) in [6.07, 6.45) is 3.96. The predicted octanol–water partition coefficient (Wildman–Crippen LogP) is 0.875. The van der Waals surface area contributed by atoms with Crippen LogP contribution in [0.25, 0.3) is 0 Å². The molecule has 3 heterocycles. The molecule has 1 saturated heterocycles. The first-order valence-electron chi connectivity index (χ1n) is 8.35. The maximum absolute atomic E-state index is 12.4. The van der Waals surface area contributed by atoms with E-state index in [1.165, 1.54) is 11.8 Å². The molecule has 0 aliphatic carbocycles. The molecule has 1 aliphatic heterocycles. The van der Waals surface area contributed by atoms with E-state index in [0.29, 0.717) is 25.3 Å².